The van der Waals surface area contributed by atoms with E-state index in [1.807, 2.05) is 12.3 Å². The Hall–Kier alpha value is -2.15. The Balaban J connectivity index is 1.95. The van der Waals surface area contributed by atoms with Crippen LogP contribution in [-0.4, -0.2) is 28.0 Å². The summed E-state index contributed by atoms with van der Waals surface area (Å²) in [6.07, 6.45) is 6.22. The molecule has 0 atom stereocenters. The molecule has 1 aliphatic carbocycles. The number of aromatic nitrogens is 2. The van der Waals surface area contributed by atoms with Gasteiger partial charge in [-0.1, -0.05) is 19.3 Å². The predicted molar refractivity (Wildman–Crippen MR) is 101 cm³/mol. The van der Waals surface area contributed by atoms with E-state index in [-0.39, 0.29) is 0 Å². The smallest absolute Gasteiger partial charge is 0.367 e. The number of carbonyl (C=O) groups is 2. The molecular formula is C19H25N3O3S. The monoisotopic (exact) mass is 375 g/mol. The Bertz CT molecular complexity index is 803. The average molecular weight is 375 g/mol. The molecule has 6 nitrogen and oxygen atoms in total. The van der Waals surface area contributed by atoms with Crippen LogP contribution in [-0.2, 0) is 11.3 Å². The summed E-state index contributed by atoms with van der Waals surface area (Å²) >= 11 is 1.26. The molecule has 0 spiro atoms. The third-order valence-corrected chi connectivity index (χ3v) is 5.84. The van der Waals surface area contributed by atoms with Gasteiger partial charge in [0.2, 0.25) is 5.01 Å². The van der Waals surface area contributed by atoms with Crippen molar-refractivity contribution < 1.29 is 14.3 Å². The fraction of sp³-hybridized carbons (Fsp3) is 0.526. The van der Waals surface area contributed by atoms with E-state index in [1.54, 1.807) is 13.0 Å². The minimum atomic E-state index is -0.438. The van der Waals surface area contributed by atoms with Gasteiger partial charge in [-0.15, -0.1) is 11.3 Å². The summed E-state index contributed by atoms with van der Waals surface area (Å²) in [7, 11) is 0. The summed E-state index contributed by atoms with van der Waals surface area (Å²) in [5, 5.41) is 2.16. The molecule has 0 aliphatic heterocycles. The molecule has 1 aliphatic rings. The highest BCUT2D eigenvalue weighted by atomic mass is 32.1. The van der Waals surface area contributed by atoms with Crippen molar-refractivity contribution in [3.05, 3.63) is 27.7 Å². The van der Waals surface area contributed by atoms with Gasteiger partial charge < -0.3 is 15.0 Å². The maximum Gasteiger partial charge on any atom is 0.367 e. The van der Waals surface area contributed by atoms with E-state index in [9.17, 15) is 9.59 Å². The van der Waals surface area contributed by atoms with E-state index in [2.05, 4.69) is 9.55 Å². The van der Waals surface area contributed by atoms with Gasteiger partial charge in [-0.25, -0.2) is 9.78 Å². The summed E-state index contributed by atoms with van der Waals surface area (Å²) in [5.41, 5.74) is 8.46. The van der Waals surface area contributed by atoms with Crippen molar-refractivity contribution in [3.8, 4) is 11.4 Å². The molecule has 2 aromatic rings. The summed E-state index contributed by atoms with van der Waals surface area (Å²) in [5.74, 6) is -0.259. The second-order valence-corrected chi connectivity index (χ2v) is 7.62. The zero-order valence-corrected chi connectivity index (χ0v) is 16.1. The van der Waals surface area contributed by atoms with Crippen LogP contribution in [0, 0.1) is 12.8 Å². The van der Waals surface area contributed by atoms with E-state index in [0.717, 1.165) is 17.9 Å². The number of amides is 1. The van der Waals surface area contributed by atoms with Crippen LogP contribution in [0.15, 0.2) is 11.4 Å². The molecule has 0 saturated heterocycles. The van der Waals surface area contributed by atoms with Crippen molar-refractivity contribution in [2.75, 3.05) is 6.61 Å². The highest BCUT2D eigenvalue weighted by Gasteiger charge is 2.23. The molecule has 0 bridgehead atoms. The molecule has 1 saturated carbocycles. The second kappa shape index (κ2) is 8.03. The number of ether oxygens (including phenoxy) is 1. The fourth-order valence-electron chi connectivity index (χ4n) is 3.65. The second-order valence-electron chi connectivity index (χ2n) is 6.77. The minimum Gasteiger partial charge on any atom is -0.461 e. The zero-order chi connectivity index (χ0) is 18.7. The number of primary amides is 1. The van der Waals surface area contributed by atoms with Gasteiger partial charge in [0.05, 0.1) is 23.6 Å². The van der Waals surface area contributed by atoms with Crippen molar-refractivity contribution in [3.63, 3.8) is 0 Å². The van der Waals surface area contributed by atoms with E-state index in [1.165, 1.54) is 43.4 Å². The largest absolute Gasteiger partial charge is 0.461 e. The van der Waals surface area contributed by atoms with Crippen LogP contribution >= 0.6 is 11.3 Å². The molecule has 26 heavy (non-hydrogen) atoms. The van der Waals surface area contributed by atoms with E-state index in [0.29, 0.717) is 28.8 Å². The summed E-state index contributed by atoms with van der Waals surface area (Å²) < 4.78 is 7.16. The first-order valence-electron chi connectivity index (χ1n) is 9.14. The minimum absolute atomic E-state index is 0.316. The Morgan fingerprint density at radius 2 is 2.08 bits per heavy atom. The molecule has 0 radical (unpaired) electrons. The number of hydrogen-bond acceptors (Lipinski definition) is 5. The van der Waals surface area contributed by atoms with E-state index >= 15 is 0 Å². The lowest BCUT2D eigenvalue weighted by Gasteiger charge is -2.24. The first-order valence-corrected chi connectivity index (χ1v) is 10.0. The van der Waals surface area contributed by atoms with Crippen molar-refractivity contribution in [1.82, 2.24) is 9.55 Å². The third kappa shape index (κ3) is 3.82. The van der Waals surface area contributed by atoms with Gasteiger partial charge in [-0.2, -0.15) is 0 Å². The SMILES string of the molecule is CCOC(=O)c1nc(-c2cc(C(N)=O)c(C)n2CC2CCCCC2)cs1. The first kappa shape index (κ1) is 18.6. The van der Waals surface area contributed by atoms with Gasteiger partial charge >= 0.3 is 5.97 Å². The van der Waals surface area contributed by atoms with Crippen molar-refractivity contribution in [2.24, 2.45) is 11.7 Å². The van der Waals surface area contributed by atoms with Crippen LogP contribution in [0.25, 0.3) is 11.4 Å². The number of nitrogens with zero attached hydrogens (tertiary/aromatic N) is 2. The maximum absolute atomic E-state index is 11.9. The number of thiazole rings is 1. The Morgan fingerprint density at radius 3 is 2.73 bits per heavy atom. The number of carbonyl (C=O) groups excluding carboxylic acids is 2. The molecule has 2 N–H and O–H groups in total. The lowest BCUT2D eigenvalue weighted by atomic mass is 9.89. The van der Waals surface area contributed by atoms with Crippen LogP contribution in [0.4, 0.5) is 0 Å². The first-order chi connectivity index (χ1) is 12.5. The summed E-state index contributed by atoms with van der Waals surface area (Å²) in [4.78, 5) is 28.2. The van der Waals surface area contributed by atoms with Gasteiger partial charge in [0.15, 0.2) is 0 Å². The fourth-order valence-corrected chi connectivity index (χ4v) is 4.35. The van der Waals surface area contributed by atoms with Crippen LogP contribution in [0.1, 0.15) is 64.9 Å². The maximum atomic E-state index is 11.9. The predicted octanol–water partition coefficient (Wildman–Crippen LogP) is 3.78. The molecule has 0 aromatic carbocycles. The molecule has 3 rings (SSSR count). The van der Waals surface area contributed by atoms with Crippen LogP contribution in [0.5, 0.6) is 0 Å². The van der Waals surface area contributed by atoms with Gasteiger partial charge in [0.1, 0.15) is 0 Å². The van der Waals surface area contributed by atoms with Gasteiger partial charge in [0.25, 0.3) is 5.91 Å². The highest BCUT2D eigenvalue weighted by Crippen LogP contribution is 2.31. The molecular weight excluding hydrogens is 350 g/mol. The molecule has 1 fully saturated rings. The summed E-state index contributed by atoms with van der Waals surface area (Å²) in [6, 6.07) is 1.80. The molecule has 1 amide bonds. The number of nitrogens with two attached hydrogens (primary N) is 1. The van der Waals surface area contributed by atoms with Crippen molar-refractivity contribution >= 4 is 23.2 Å². The Morgan fingerprint density at radius 1 is 1.35 bits per heavy atom. The Labute approximate surface area is 157 Å². The molecule has 2 heterocycles. The van der Waals surface area contributed by atoms with E-state index in [4.69, 9.17) is 10.5 Å². The summed E-state index contributed by atoms with van der Waals surface area (Å²) in [6.45, 7) is 4.85. The number of esters is 1. The standard InChI is InChI=1S/C19H25N3O3S/c1-3-25-19(24)18-21-15(11-26-18)16-9-14(17(20)23)12(2)22(16)10-13-7-5-4-6-8-13/h9,11,13H,3-8,10H2,1-2H3,(H2,20,23). The van der Waals surface area contributed by atoms with Crippen molar-refractivity contribution in [1.29, 1.82) is 0 Å². The van der Waals surface area contributed by atoms with Gasteiger partial charge in [-0.3, -0.25) is 4.79 Å². The average Bonchev–Trinajstić information content (AvgIpc) is 3.22. The topological polar surface area (TPSA) is 87.2 Å². The molecule has 140 valence electrons. The third-order valence-electron chi connectivity index (χ3n) is 5.01. The van der Waals surface area contributed by atoms with Crippen LogP contribution in [0.3, 0.4) is 0 Å². The lowest BCUT2D eigenvalue weighted by Crippen LogP contribution is -2.17. The van der Waals surface area contributed by atoms with Crippen LogP contribution < -0.4 is 5.73 Å². The highest BCUT2D eigenvalue weighted by molar-refractivity contribution is 7.11. The number of rotatable bonds is 6. The quantitative estimate of drug-likeness (QED) is 0.779. The van der Waals surface area contributed by atoms with Gasteiger partial charge in [0, 0.05) is 17.6 Å². The normalized spacial score (nSPS) is 15.2. The Kier molecular flexibility index (Phi) is 5.76. The number of hydrogen-bond donors (Lipinski definition) is 1. The van der Waals surface area contributed by atoms with Crippen LogP contribution in [0.2, 0.25) is 0 Å². The molecule has 2 aromatic heterocycles. The van der Waals surface area contributed by atoms with Crippen molar-refractivity contribution in [2.45, 2.75) is 52.5 Å². The molecule has 7 heteroatoms. The van der Waals surface area contributed by atoms with Gasteiger partial charge in [-0.05, 0) is 38.7 Å². The lowest BCUT2D eigenvalue weighted by molar-refractivity contribution is 0.0526. The molecule has 0 unspecified atom stereocenters. The van der Waals surface area contributed by atoms with E-state index < -0.39 is 11.9 Å². The zero-order valence-electron chi connectivity index (χ0n) is 15.3.